The van der Waals surface area contributed by atoms with Crippen LogP contribution < -0.4 is 5.32 Å². The molecule has 25 heavy (non-hydrogen) atoms. The zero-order valence-corrected chi connectivity index (χ0v) is 14.1. The second-order valence-corrected chi connectivity index (χ2v) is 6.37. The van der Waals surface area contributed by atoms with Crippen LogP contribution in [-0.4, -0.2) is 35.3 Å². The van der Waals surface area contributed by atoms with Gasteiger partial charge in [-0.15, -0.1) is 0 Å². The zero-order chi connectivity index (χ0) is 17.8. The SMILES string of the molecule is C[C@@H](NC(=O)c1ccoc1)C(=O)N1CCC[C@H]1Cc1cccc(F)c1. The molecule has 2 atom stereocenters. The van der Waals surface area contributed by atoms with Crippen molar-refractivity contribution < 1.29 is 18.4 Å². The molecule has 2 aromatic rings. The molecule has 6 heteroatoms. The first-order valence-electron chi connectivity index (χ1n) is 8.42. The van der Waals surface area contributed by atoms with E-state index in [0.717, 1.165) is 18.4 Å². The van der Waals surface area contributed by atoms with E-state index >= 15 is 0 Å². The number of halogens is 1. The summed E-state index contributed by atoms with van der Waals surface area (Å²) in [5, 5.41) is 2.70. The topological polar surface area (TPSA) is 62.6 Å². The first-order valence-corrected chi connectivity index (χ1v) is 8.42. The number of amides is 2. The Morgan fingerprint density at radius 1 is 1.40 bits per heavy atom. The third-order valence-electron chi connectivity index (χ3n) is 4.52. The van der Waals surface area contributed by atoms with Gasteiger partial charge in [0.2, 0.25) is 5.91 Å². The highest BCUT2D eigenvalue weighted by atomic mass is 19.1. The molecule has 1 aliphatic heterocycles. The van der Waals surface area contributed by atoms with Crippen LogP contribution in [0.2, 0.25) is 0 Å². The first-order chi connectivity index (χ1) is 12.0. The number of nitrogens with one attached hydrogen (secondary N) is 1. The quantitative estimate of drug-likeness (QED) is 0.907. The smallest absolute Gasteiger partial charge is 0.255 e. The zero-order valence-electron chi connectivity index (χ0n) is 14.1. The van der Waals surface area contributed by atoms with E-state index in [1.54, 1.807) is 24.0 Å². The van der Waals surface area contributed by atoms with Crippen molar-refractivity contribution in [3.63, 3.8) is 0 Å². The molecule has 1 fully saturated rings. The Morgan fingerprint density at radius 2 is 2.24 bits per heavy atom. The lowest BCUT2D eigenvalue weighted by Crippen LogP contribution is -2.49. The van der Waals surface area contributed by atoms with Crippen molar-refractivity contribution in [3.8, 4) is 0 Å². The minimum atomic E-state index is -0.629. The van der Waals surface area contributed by atoms with E-state index in [2.05, 4.69) is 5.32 Å². The number of nitrogens with zero attached hydrogens (tertiary/aromatic N) is 1. The molecule has 0 unspecified atom stereocenters. The van der Waals surface area contributed by atoms with Crippen LogP contribution >= 0.6 is 0 Å². The molecule has 0 radical (unpaired) electrons. The summed E-state index contributed by atoms with van der Waals surface area (Å²) in [5.41, 5.74) is 1.26. The molecular formula is C19H21FN2O3. The number of rotatable bonds is 5. The van der Waals surface area contributed by atoms with Crippen LogP contribution in [-0.2, 0) is 11.2 Å². The van der Waals surface area contributed by atoms with Gasteiger partial charge in [0.05, 0.1) is 11.8 Å². The minimum Gasteiger partial charge on any atom is -0.472 e. The van der Waals surface area contributed by atoms with Gasteiger partial charge in [-0.2, -0.15) is 0 Å². The predicted octanol–water partition coefficient (Wildman–Crippen LogP) is 2.77. The summed E-state index contributed by atoms with van der Waals surface area (Å²) < 4.78 is 18.3. The Morgan fingerprint density at radius 3 is 2.96 bits per heavy atom. The molecule has 1 saturated heterocycles. The highest BCUT2D eigenvalue weighted by Crippen LogP contribution is 2.22. The Balaban J connectivity index is 1.62. The number of benzene rings is 1. The standard InChI is InChI=1S/C19H21FN2O3/c1-13(21-18(23)15-7-9-25-12-15)19(24)22-8-3-6-17(22)11-14-4-2-5-16(20)10-14/h2,4-5,7,9-10,12-13,17H,3,6,8,11H2,1H3,(H,21,23)/t13-,17+/m1/s1. The van der Waals surface area contributed by atoms with Crippen LogP contribution in [0, 0.1) is 5.82 Å². The second kappa shape index (κ2) is 7.51. The number of hydrogen-bond donors (Lipinski definition) is 1. The maximum atomic E-state index is 13.4. The Hall–Kier alpha value is -2.63. The molecule has 0 aliphatic carbocycles. The van der Waals surface area contributed by atoms with Crippen molar-refractivity contribution in [3.05, 3.63) is 59.8 Å². The summed E-state index contributed by atoms with van der Waals surface area (Å²) in [5.74, 6) is -0.722. The fourth-order valence-corrected chi connectivity index (χ4v) is 3.26. The number of furan rings is 1. The highest BCUT2D eigenvalue weighted by molar-refractivity contribution is 5.97. The van der Waals surface area contributed by atoms with Crippen molar-refractivity contribution in [2.75, 3.05) is 6.54 Å². The van der Waals surface area contributed by atoms with E-state index in [0.29, 0.717) is 18.5 Å². The molecule has 1 N–H and O–H groups in total. The Bertz CT molecular complexity index is 745. The van der Waals surface area contributed by atoms with Crippen LogP contribution in [0.1, 0.15) is 35.7 Å². The fourth-order valence-electron chi connectivity index (χ4n) is 3.26. The molecule has 0 bridgehead atoms. The van der Waals surface area contributed by atoms with Crippen molar-refractivity contribution in [1.29, 1.82) is 0 Å². The highest BCUT2D eigenvalue weighted by Gasteiger charge is 2.32. The van der Waals surface area contributed by atoms with Gasteiger partial charge in [0.15, 0.2) is 0 Å². The van der Waals surface area contributed by atoms with E-state index in [4.69, 9.17) is 4.42 Å². The van der Waals surface area contributed by atoms with Gasteiger partial charge in [-0.05, 0) is 49.9 Å². The van der Waals surface area contributed by atoms with Gasteiger partial charge in [-0.3, -0.25) is 9.59 Å². The normalized spacial score (nSPS) is 18.2. The minimum absolute atomic E-state index is 0.0302. The molecule has 132 valence electrons. The fraction of sp³-hybridized carbons (Fsp3) is 0.368. The number of carbonyl (C=O) groups excluding carboxylic acids is 2. The molecule has 0 spiro atoms. The molecular weight excluding hydrogens is 323 g/mol. The first kappa shape index (κ1) is 17.2. The van der Waals surface area contributed by atoms with Gasteiger partial charge >= 0.3 is 0 Å². The van der Waals surface area contributed by atoms with Gasteiger partial charge in [-0.25, -0.2) is 4.39 Å². The third kappa shape index (κ3) is 4.07. The van der Waals surface area contributed by atoms with Crippen LogP contribution in [0.15, 0.2) is 47.3 Å². The number of carbonyl (C=O) groups is 2. The van der Waals surface area contributed by atoms with E-state index in [1.165, 1.54) is 24.7 Å². The van der Waals surface area contributed by atoms with Gasteiger partial charge in [0.1, 0.15) is 18.1 Å². The van der Waals surface area contributed by atoms with Crippen LogP contribution in [0.4, 0.5) is 4.39 Å². The molecule has 1 aromatic heterocycles. The van der Waals surface area contributed by atoms with Gasteiger partial charge < -0.3 is 14.6 Å². The molecule has 2 amide bonds. The molecule has 0 saturated carbocycles. The largest absolute Gasteiger partial charge is 0.472 e. The maximum Gasteiger partial charge on any atom is 0.255 e. The lowest BCUT2D eigenvalue weighted by Gasteiger charge is -2.28. The Labute approximate surface area is 145 Å². The average Bonchev–Trinajstić information content (AvgIpc) is 3.26. The van der Waals surface area contributed by atoms with Crippen LogP contribution in [0.25, 0.3) is 0 Å². The van der Waals surface area contributed by atoms with E-state index < -0.39 is 6.04 Å². The monoisotopic (exact) mass is 344 g/mol. The van der Waals surface area contributed by atoms with E-state index in [-0.39, 0.29) is 23.7 Å². The van der Waals surface area contributed by atoms with Crippen molar-refractivity contribution in [2.45, 2.75) is 38.3 Å². The predicted molar refractivity (Wildman–Crippen MR) is 90.5 cm³/mol. The lowest BCUT2D eigenvalue weighted by molar-refractivity contribution is -0.133. The van der Waals surface area contributed by atoms with Gasteiger partial charge in [0, 0.05) is 12.6 Å². The summed E-state index contributed by atoms with van der Waals surface area (Å²) >= 11 is 0. The van der Waals surface area contributed by atoms with E-state index in [9.17, 15) is 14.0 Å². The maximum absolute atomic E-state index is 13.4. The molecule has 5 nitrogen and oxygen atoms in total. The van der Waals surface area contributed by atoms with Crippen LogP contribution in [0.5, 0.6) is 0 Å². The molecule has 1 aliphatic rings. The molecule has 2 heterocycles. The molecule has 3 rings (SSSR count). The Kier molecular flexibility index (Phi) is 5.16. The lowest BCUT2D eigenvalue weighted by atomic mass is 10.0. The van der Waals surface area contributed by atoms with Crippen LogP contribution in [0.3, 0.4) is 0 Å². The summed E-state index contributed by atoms with van der Waals surface area (Å²) in [6, 6.07) is 7.42. The summed E-state index contributed by atoms with van der Waals surface area (Å²) in [4.78, 5) is 26.6. The summed E-state index contributed by atoms with van der Waals surface area (Å²) in [7, 11) is 0. The summed E-state index contributed by atoms with van der Waals surface area (Å²) in [6.07, 6.45) is 5.16. The third-order valence-corrected chi connectivity index (χ3v) is 4.52. The van der Waals surface area contributed by atoms with Crippen molar-refractivity contribution >= 4 is 11.8 Å². The average molecular weight is 344 g/mol. The van der Waals surface area contributed by atoms with E-state index in [1.807, 2.05) is 6.07 Å². The van der Waals surface area contributed by atoms with Crippen molar-refractivity contribution in [1.82, 2.24) is 10.2 Å². The summed E-state index contributed by atoms with van der Waals surface area (Å²) in [6.45, 7) is 2.34. The second-order valence-electron chi connectivity index (χ2n) is 6.37. The number of hydrogen-bond acceptors (Lipinski definition) is 3. The molecule has 1 aromatic carbocycles. The van der Waals surface area contributed by atoms with Crippen molar-refractivity contribution in [2.24, 2.45) is 0 Å². The number of likely N-dealkylation sites (tertiary alicyclic amines) is 1. The van der Waals surface area contributed by atoms with Gasteiger partial charge in [0.25, 0.3) is 5.91 Å². The van der Waals surface area contributed by atoms with Gasteiger partial charge in [-0.1, -0.05) is 12.1 Å².